The van der Waals surface area contributed by atoms with Crippen molar-refractivity contribution in [1.29, 1.82) is 0 Å². The summed E-state index contributed by atoms with van der Waals surface area (Å²) in [7, 11) is -2.08. The second-order valence-electron chi connectivity index (χ2n) is 6.51. The monoisotopic (exact) mass is 390 g/mol. The van der Waals surface area contributed by atoms with Crippen LogP contribution in [-0.4, -0.2) is 47.2 Å². The lowest BCUT2D eigenvalue weighted by atomic mass is 10.1. The van der Waals surface area contributed by atoms with Gasteiger partial charge >= 0.3 is 0 Å². The first kappa shape index (κ1) is 18.0. The molecule has 2 aromatic heterocycles. The Kier molecular flexibility index (Phi) is 4.45. The van der Waals surface area contributed by atoms with Gasteiger partial charge in [-0.15, -0.1) is 0 Å². The number of hydrogen-bond donors (Lipinski definition) is 0. The number of pyridine rings is 1. The Bertz CT molecular complexity index is 1110. The molecule has 4 rings (SSSR count). The van der Waals surface area contributed by atoms with E-state index in [4.69, 9.17) is 4.74 Å². The van der Waals surface area contributed by atoms with Crippen molar-refractivity contribution in [1.82, 2.24) is 19.1 Å². The van der Waals surface area contributed by atoms with E-state index < -0.39 is 21.9 Å². The van der Waals surface area contributed by atoms with E-state index in [1.165, 1.54) is 22.6 Å². The summed E-state index contributed by atoms with van der Waals surface area (Å²) in [6, 6.07) is 6.95. The van der Waals surface area contributed by atoms with Gasteiger partial charge in [-0.3, -0.25) is 4.68 Å². The van der Waals surface area contributed by atoms with Gasteiger partial charge in [0.25, 0.3) is 0 Å². The highest BCUT2D eigenvalue weighted by atomic mass is 32.2. The molecular formula is C18H19FN4O3S. The van der Waals surface area contributed by atoms with Gasteiger partial charge in [-0.1, -0.05) is 12.1 Å². The first-order valence-electron chi connectivity index (χ1n) is 8.52. The third kappa shape index (κ3) is 3.11. The molecule has 9 heteroatoms. The predicted molar refractivity (Wildman–Crippen MR) is 97.1 cm³/mol. The molecule has 0 aliphatic carbocycles. The van der Waals surface area contributed by atoms with Gasteiger partial charge in [-0.25, -0.2) is 17.8 Å². The number of benzene rings is 1. The van der Waals surface area contributed by atoms with Crippen LogP contribution in [0.1, 0.15) is 17.3 Å². The van der Waals surface area contributed by atoms with Gasteiger partial charge in [0.05, 0.1) is 24.9 Å². The molecule has 1 atom stereocenters. The van der Waals surface area contributed by atoms with Gasteiger partial charge in [-0.2, -0.15) is 9.40 Å². The number of ether oxygens (including phenoxy) is 1. The minimum atomic E-state index is -3.84. The van der Waals surface area contributed by atoms with Gasteiger partial charge < -0.3 is 4.74 Å². The SMILES string of the molecule is Cc1nn(C)c2ncc(S(=O)(=O)N3CCOCC3c3cccc(F)c3)cc12. The standard InChI is InChI=1S/C18H19FN4O3S/c1-12-16-9-15(10-20-18(16)22(2)21-12)27(24,25)23-6-7-26-11-17(23)13-4-3-5-14(19)8-13/h3-5,8-10,17H,6-7,11H2,1-2H3. The molecule has 1 unspecified atom stereocenters. The van der Waals surface area contributed by atoms with Crippen molar-refractivity contribution in [2.75, 3.05) is 19.8 Å². The van der Waals surface area contributed by atoms with Gasteiger partial charge in [0.2, 0.25) is 10.0 Å². The minimum absolute atomic E-state index is 0.0920. The maximum Gasteiger partial charge on any atom is 0.245 e. The van der Waals surface area contributed by atoms with Gasteiger partial charge in [0, 0.05) is 25.2 Å². The summed E-state index contributed by atoms with van der Waals surface area (Å²) in [4.78, 5) is 4.37. The fourth-order valence-corrected chi connectivity index (χ4v) is 4.97. The van der Waals surface area contributed by atoms with Crippen LogP contribution in [0.15, 0.2) is 41.4 Å². The Balaban J connectivity index is 1.78. The van der Waals surface area contributed by atoms with Gasteiger partial charge in [0.1, 0.15) is 10.7 Å². The topological polar surface area (TPSA) is 77.3 Å². The van der Waals surface area contributed by atoms with Crippen LogP contribution < -0.4 is 0 Å². The third-order valence-corrected chi connectivity index (χ3v) is 6.63. The summed E-state index contributed by atoms with van der Waals surface area (Å²) in [6.07, 6.45) is 1.34. The Labute approximate surface area is 156 Å². The lowest BCUT2D eigenvalue weighted by molar-refractivity contribution is 0.0320. The van der Waals surface area contributed by atoms with E-state index >= 15 is 0 Å². The maximum absolute atomic E-state index is 13.7. The minimum Gasteiger partial charge on any atom is -0.378 e. The average molecular weight is 390 g/mol. The highest BCUT2D eigenvalue weighted by Crippen LogP contribution is 2.31. The predicted octanol–water partition coefficient (Wildman–Crippen LogP) is 2.18. The normalized spacial score (nSPS) is 18.9. The molecule has 3 heterocycles. The molecule has 1 saturated heterocycles. The zero-order valence-electron chi connectivity index (χ0n) is 15.0. The summed E-state index contributed by atoms with van der Waals surface area (Å²) in [5, 5.41) is 4.97. The van der Waals surface area contributed by atoms with Crippen LogP contribution >= 0.6 is 0 Å². The molecule has 0 radical (unpaired) electrons. The van der Waals surface area contributed by atoms with Crippen LogP contribution in [-0.2, 0) is 21.8 Å². The number of aromatic nitrogens is 3. The lowest BCUT2D eigenvalue weighted by Crippen LogP contribution is -2.43. The molecule has 27 heavy (non-hydrogen) atoms. The van der Waals surface area contributed by atoms with Crippen molar-refractivity contribution in [2.24, 2.45) is 7.05 Å². The Morgan fingerprint density at radius 1 is 1.30 bits per heavy atom. The Morgan fingerprint density at radius 3 is 2.89 bits per heavy atom. The number of nitrogens with zero attached hydrogens (tertiary/aromatic N) is 4. The summed E-state index contributed by atoms with van der Waals surface area (Å²) in [5.41, 5.74) is 1.89. The van der Waals surface area contributed by atoms with Crippen molar-refractivity contribution in [3.8, 4) is 0 Å². The van der Waals surface area contributed by atoms with Crippen LogP contribution in [0.4, 0.5) is 4.39 Å². The van der Waals surface area contributed by atoms with Crippen LogP contribution in [0, 0.1) is 12.7 Å². The van der Waals surface area contributed by atoms with Gasteiger partial charge in [-0.05, 0) is 30.7 Å². The molecule has 3 aromatic rings. The molecule has 1 aromatic carbocycles. The van der Waals surface area contributed by atoms with Crippen molar-refractivity contribution in [2.45, 2.75) is 17.9 Å². The molecular weight excluding hydrogens is 371 g/mol. The fraction of sp³-hybridized carbons (Fsp3) is 0.333. The quantitative estimate of drug-likeness (QED) is 0.685. The number of sulfonamides is 1. The van der Waals surface area contributed by atoms with Crippen molar-refractivity contribution >= 4 is 21.1 Å². The number of aryl methyl sites for hydroxylation is 2. The van der Waals surface area contributed by atoms with E-state index in [0.29, 0.717) is 22.3 Å². The highest BCUT2D eigenvalue weighted by Gasteiger charge is 2.35. The number of fused-ring (bicyclic) bond motifs is 1. The summed E-state index contributed by atoms with van der Waals surface area (Å²) < 4.78 is 48.8. The van der Waals surface area contributed by atoms with Crippen LogP contribution in [0.2, 0.25) is 0 Å². The van der Waals surface area contributed by atoms with E-state index in [1.54, 1.807) is 29.9 Å². The molecule has 1 aliphatic rings. The molecule has 7 nitrogen and oxygen atoms in total. The highest BCUT2D eigenvalue weighted by molar-refractivity contribution is 7.89. The molecule has 1 fully saturated rings. The first-order valence-corrected chi connectivity index (χ1v) is 9.96. The summed E-state index contributed by atoms with van der Waals surface area (Å²) >= 11 is 0. The fourth-order valence-electron chi connectivity index (χ4n) is 3.42. The van der Waals surface area contributed by atoms with Crippen molar-refractivity contribution in [3.63, 3.8) is 0 Å². The molecule has 0 N–H and O–H groups in total. The number of hydrogen-bond acceptors (Lipinski definition) is 5. The number of morpholine rings is 1. The van der Waals surface area contributed by atoms with E-state index in [0.717, 1.165) is 0 Å². The van der Waals surface area contributed by atoms with E-state index in [1.807, 2.05) is 6.92 Å². The second-order valence-corrected chi connectivity index (χ2v) is 8.40. The van der Waals surface area contributed by atoms with E-state index in [-0.39, 0.29) is 24.7 Å². The lowest BCUT2D eigenvalue weighted by Gasteiger charge is -2.34. The largest absolute Gasteiger partial charge is 0.378 e. The zero-order chi connectivity index (χ0) is 19.2. The number of halogens is 1. The molecule has 0 amide bonds. The molecule has 0 saturated carbocycles. The van der Waals surface area contributed by atoms with Crippen molar-refractivity contribution < 1.29 is 17.5 Å². The molecule has 0 spiro atoms. The summed E-state index contributed by atoms with van der Waals surface area (Å²) in [6.45, 7) is 2.45. The first-order chi connectivity index (χ1) is 12.9. The molecule has 142 valence electrons. The average Bonchev–Trinajstić information content (AvgIpc) is 2.95. The zero-order valence-corrected chi connectivity index (χ0v) is 15.8. The van der Waals surface area contributed by atoms with E-state index in [2.05, 4.69) is 10.1 Å². The van der Waals surface area contributed by atoms with Crippen molar-refractivity contribution in [3.05, 3.63) is 53.6 Å². The van der Waals surface area contributed by atoms with Crippen LogP contribution in [0.25, 0.3) is 11.0 Å². The third-order valence-electron chi connectivity index (χ3n) is 4.76. The Hall–Kier alpha value is -2.36. The van der Waals surface area contributed by atoms with Gasteiger partial charge in [0.15, 0.2) is 5.65 Å². The van der Waals surface area contributed by atoms with Crippen LogP contribution in [0.3, 0.4) is 0 Å². The summed E-state index contributed by atoms with van der Waals surface area (Å²) in [5.74, 6) is -0.413. The van der Waals surface area contributed by atoms with Crippen LogP contribution in [0.5, 0.6) is 0 Å². The molecule has 0 bridgehead atoms. The number of rotatable bonds is 3. The Morgan fingerprint density at radius 2 is 2.11 bits per heavy atom. The van der Waals surface area contributed by atoms with E-state index in [9.17, 15) is 12.8 Å². The second kappa shape index (κ2) is 6.66. The smallest absolute Gasteiger partial charge is 0.245 e. The molecule has 1 aliphatic heterocycles. The maximum atomic E-state index is 13.7.